The van der Waals surface area contributed by atoms with Gasteiger partial charge in [0.1, 0.15) is 0 Å². The van der Waals surface area contributed by atoms with Gasteiger partial charge in [-0.25, -0.2) is 0 Å². The maximum Gasteiger partial charge on any atom is 0.0596 e. The van der Waals surface area contributed by atoms with Crippen molar-refractivity contribution >= 4 is 30.5 Å². The minimum atomic E-state index is 0. The molecule has 0 amide bonds. The molecule has 0 saturated carbocycles. The van der Waals surface area contributed by atoms with Crippen molar-refractivity contribution in [2.45, 2.75) is 40.0 Å². The fraction of sp³-hybridized carbons (Fsp3) is 0.875. The molecule has 0 fully saturated rings. The van der Waals surface area contributed by atoms with Crippen LogP contribution in [0.1, 0.15) is 40.0 Å². The summed E-state index contributed by atoms with van der Waals surface area (Å²) in [6, 6.07) is 0. The van der Waals surface area contributed by atoms with Crippen molar-refractivity contribution < 1.29 is 5.21 Å². The van der Waals surface area contributed by atoms with E-state index < -0.39 is 0 Å². The van der Waals surface area contributed by atoms with Gasteiger partial charge in [0.05, 0.1) is 5.71 Å². The summed E-state index contributed by atoms with van der Waals surface area (Å²) < 4.78 is 0. The van der Waals surface area contributed by atoms with Crippen molar-refractivity contribution in [2.24, 2.45) is 11.1 Å². The summed E-state index contributed by atoms with van der Waals surface area (Å²) >= 11 is 0. The van der Waals surface area contributed by atoms with E-state index in [0.717, 1.165) is 25.0 Å². The third-order valence-corrected chi connectivity index (χ3v) is 1.58. The molecule has 0 spiro atoms. The van der Waals surface area contributed by atoms with E-state index in [0.29, 0.717) is 5.92 Å². The summed E-state index contributed by atoms with van der Waals surface area (Å²) in [7, 11) is 0. The first-order valence-electron chi connectivity index (χ1n) is 3.93. The zero-order valence-corrected chi connectivity index (χ0v) is 9.54. The molecule has 0 saturated heterocycles. The fourth-order valence-electron chi connectivity index (χ4n) is 0.812. The summed E-state index contributed by atoms with van der Waals surface area (Å²) in [5, 5.41) is 11.8. The van der Waals surface area contributed by atoms with Crippen LogP contribution < -0.4 is 0 Å². The lowest BCUT2D eigenvalue weighted by Gasteiger charge is -2.05. The Kier molecular flexibility index (Phi) is 16.5. The van der Waals surface area contributed by atoms with Gasteiger partial charge in [-0.1, -0.05) is 32.3 Å². The molecule has 0 radical (unpaired) electrons. The first-order chi connectivity index (χ1) is 4.72. The first-order valence-corrected chi connectivity index (χ1v) is 3.93. The Morgan fingerprint density at radius 1 is 1.33 bits per heavy atom. The molecule has 4 heteroatoms. The topological polar surface area (TPSA) is 32.6 Å². The van der Waals surface area contributed by atoms with Gasteiger partial charge in [-0.3, -0.25) is 0 Å². The highest BCUT2D eigenvalue weighted by Crippen LogP contribution is 2.05. The fourth-order valence-corrected chi connectivity index (χ4v) is 0.812. The number of oxime groups is 1. The summed E-state index contributed by atoms with van der Waals surface area (Å²) in [6.07, 6.45) is 3.22. The lowest BCUT2D eigenvalue weighted by Crippen LogP contribution is -2.06. The Bertz CT molecular complexity index is 116. The highest BCUT2D eigenvalue weighted by Gasteiger charge is 2.03. The van der Waals surface area contributed by atoms with Crippen LogP contribution in [0.3, 0.4) is 0 Å². The average Bonchev–Trinajstić information content (AvgIpc) is 1.89. The minimum Gasteiger partial charge on any atom is -0.411 e. The monoisotopic (exact) mass is 215 g/mol. The van der Waals surface area contributed by atoms with Crippen molar-refractivity contribution in [1.29, 1.82) is 0 Å². The molecule has 1 N–H and O–H groups in total. The second-order valence-electron chi connectivity index (χ2n) is 2.85. The van der Waals surface area contributed by atoms with Gasteiger partial charge in [0.2, 0.25) is 0 Å². The molecule has 2 nitrogen and oxygen atoms in total. The smallest absolute Gasteiger partial charge is 0.0596 e. The van der Waals surface area contributed by atoms with Crippen LogP contribution in [-0.2, 0) is 0 Å². The number of nitrogens with zero attached hydrogens (tertiary/aromatic N) is 1. The van der Waals surface area contributed by atoms with Crippen molar-refractivity contribution in [3.05, 3.63) is 0 Å². The third-order valence-electron chi connectivity index (χ3n) is 1.58. The van der Waals surface area contributed by atoms with E-state index in [1.165, 1.54) is 0 Å². The standard InChI is InChI=1S/C8H17NO.2ClH/c1-4-5-6-8(9-10)7(2)3;;/h7,10H,4-6H2,1-3H3;2*1H. The number of rotatable bonds is 4. The van der Waals surface area contributed by atoms with E-state index >= 15 is 0 Å². The SMILES string of the molecule is CCCCC(=NO)C(C)C.Cl.Cl. The summed E-state index contributed by atoms with van der Waals surface area (Å²) in [6.45, 7) is 6.23. The second kappa shape index (κ2) is 11.1. The molecule has 0 aromatic heterocycles. The van der Waals surface area contributed by atoms with Crippen LogP contribution in [-0.4, -0.2) is 10.9 Å². The molecule has 0 bridgehead atoms. The average molecular weight is 216 g/mol. The van der Waals surface area contributed by atoms with Gasteiger partial charge >= 0.3 is 0 Å². The molecule has 0 heterocycles. The zero-order chi connectivity index (χ0) is 7.98. The van der Waals surface area contributed by atoms with Crippen molar-refractivity contribution in [2.75, 3.05) is 0 Å². The van der Waals surface area contributed by atoms with Crippen LogP contribution in [0.4, 0.5) is 0 Å². The van der Waals surface area contributed by atoms with Gasteiger partial charge in [0.15, 0.2) is 0 Å². The van der Waals surface area contributed by atoms with E-state index in [-0.39, 0.29) is 24.8 Å². The molecule has 76 valence electrons. The zero-order valence-electron chi connectivity index (χ0n) is 7.91. The van der Waals surface area contributed by atoms with Gasteiger partial charge in [-0.05, 0) is 18.8 Å². The maximum absolute atomic E-state index is 8.51. The Hall–Kier alpha value is 0.0500. The highest BCUT2D eigenvalue weighted by molar-refractivity contribution is 5.86. The van der Waals surface area contributed by atoms with Crippen molar-refractivity contribution in [3.63, 3.8) is 0 Å². The van der Waals surface area contributed by atoms with Gasteiger partial charge in [0, 0.05) is 0 Å². The molecule has 0 aromatic carbocycles. The summed E-state index contributed by atoms with van der Waals surface area (Å²) in [5.41, 5.74) is 0.918. The molecule has 0 unspecified atom stereocenters. The molecule has 0 atom stereocenters. The highest BCUT2D eigenvalue weighted by atomic mass is 35.5. The van der Waals surface area contributed by atoms with Crippen LogP contribution in [0.5, 0.6) is 0 Å². The largest absolute Gasteiger partial charge is 0.411 e. The Balaban J connectivity index is -0.000000405. The molecule has 0 aliphatic carbocycles. The molecule has 12 heavy (non-hydrogen) atoms. The third kappa shape index (κ3) is 8.15. The Morgan fingerprint density at radius 3 is 2.08 bits per heavy atom. The van der Waals surface area contributed by atoms with E-state index in [1.54, 1.807) is 0 Å². The van der Waals surface area contributed by atoms with E-state index in [4.69, 9.17) is 5.21 Å². The summed E-state index contributed by atoms with van der Waals surface area (Å²) in [4.78, 5) is 0. The van der Waals surface area contributed by atoms with E-state index in [1.807, 2.05) is 13.8 Å². The Labute approximate surface area is 87.2 Å². The molecular weight excluding hydrogens is 197 g/mol. The lowest BCUT2D eigenvalue weighted by molar-refractivity contribution is 0.314. The number of hydrogen-bond donors (Lipinski definition) is 1. The predicted molar refractivity (Wildman–Crippen MR) is 58.1 cm³/mol. The van der Waals surface area contributed by atoms with Crippen LogP contribution in [0, 0.1) is 5.92 Å². The molecule has 0 aliphatic heterocycles. The number of unbranched alkanes of at least 4 members (excludes halogenated alkanes) is 1. The van der Waals surface area contributed by atoms with Crippen LogP contribution in [0.25, 0.3) is 0 Å². The first kappa shape index (κ1) is 18.0. The normalized spacial score (nSPS) is 10.5. The van der Waals surface area contributed by atoms with Gasteiger partial charge < -0.3 is 5.21 Å². The Morgan fingerprint density at radius 2 is 1.83 bits per heavy atom. The van der Waals surface area contributed by atoms with Crippen LogP contribution in [0.15, 0.2) is 5.16 Å². The maximum atomic E-state index is 8.51. The second-order valence-corrected chi connectivity index (χ2v) is 2.85. The van der Waals surface area contributed by atoms with Crippen molar-refractivity contribution in [1.82, 2.24) is 0 Å². The van der Waals surface area contributed by atoms with Gasteiger partial charge in [0.25, 0.3) is 0 Å². The van der Waals surface area contributed by atoms with E-state index in [2.05, 4.69) is 12.1 Å². The lowest BCUT2D eigenvalue weighted by atomic mass is 10.0. The van der Waals surface area contributed by atoms with Crippen LogP contribution in [0.2, 0.25) is 0 Å². The van der Waals surface area contributed by atoms with Crippen molar-refractivity contribution in [3.8, 4) is 0 Å². The van der Waals surface area contributed by atoms with E-state index in [9.17, 15) is 0 Å². The summed E-state index contributed by atoms with van der Waals surface area (Å²) in [5.74, 6) is 0.386. The van der Waals surface area contributed by atoms with Gasteiger partial charge in [-0.2, -0.15) is 0 Å². The van der Waals surface area contributed by atoms with Gasteiger partial charge in [-0.15, -0.1) is 24.8 Å². The quantitative estimate of drug-likeness (QED) is 0.435. The molecule has 0 aliphatic rings. The van der Waals surface area contributed by atoms with Crippen LogP contribution >= 0.6 is 24.8 Å². The minimum absolute atomic E-state index is 0. The number of halogens is 2. The molecular formula is C8H19Cl2NO. The molecule has 0 aromatic rings. The number of hydrogen-bond acceptors (Lipinski definition) is 2. The predicted octanol–water partition coefficient (Wildman–Crippen LogP) is 3.51. The molecule has 0 rings (SSSR count).